The highest BCUT2D eigenvalue weighted by atomic mass is 16.5. The van der Waals surface area contributed by atoms with Gasteiger partial charge in [-0.3, -0.25) is 9.69 Å². The van der Waals surface area contributed by atoms with Gasteiger partial charge in [0.25, 0.3) is 11.9 Å². The number of carbonyl (C=O) groups is 2. The maximum absolute atomic E-state index is 12.5. The lowest BCUT2D eigenvalue weighted by Gasteiger charge is -2.42. The number of tetrazole rings is 1. The number of nitrogens with zero attached hydrogens (tertiary/aromatic N) is 5. The Kier molecular flexibility index (Phi) is 5.78. The number of benzene rings is 2. The fourth-order valence-corrected chi connectivity index (χ4v) is 3.27. The van der Waals surface area contributed by atoms with E-state index in [0.717, 1.165) is 16.9 Å². The van der Waals surface area contributed by atoms with Crippen molar-refractivity contribution < 1.29 is 19.1 Å². The third kappa shape index (κ3) is 4.47. The zero-order valence-electron chi connectivity index (χ0n) is 17.1. The van der Waals surface area contributed by atoms with Crippen LogP contribution in [0.15, 0.2) is 54.6 Å². The van der Waals surface area contributed by atoms with Crippen molar-refractivity contribution in [3.63, 3.8) is 0 Å². The van der Waals surface area contributed by atoms with Gasteiger partial charge >= 0.3 is 6.09 Å². The van der Waals surface area contributed by atoms with E-state index >= 15 is 0 Å². The third-order valence-electron chi connectivity index (χ3n) is 5.02. The van der Waals surface area contributed by atoms with Gasteiger partial charge in [0.05, 0.1) is 19.7 Å². The molecule has 10 heteroatoms. The number of hydrogen-bond acceptors (Lipinski definition) is 7. The topological polar surface area (TPSA) is 111 Å². The molecule has 10 nitrogen and oxygen atoms in total. The van der Waals surface area contributed by atoms with Crippen molar-refractivity contribution in [3.05, 3.63) is 65.7 Å². The summed E-state index contributed by atoms with van der Waals surface area (Å²) < 4.78 is 10.3. The first kappa shape index (κ1) is 20.3. The molecule has 1 N–H and O–H groups in total. The summed E-state index contributed by atoms with van der Waals surface area (Å²) in [5, 5.41) is 14.9. The first-order chi connectivity index (χ1) is 15.0. The molecule has 1 aliphatic rings. The summed E-state index contributed by atoms with van der Waals surface area (Å²) in [5.41, 5.74) is 1.83. The number of β-lactam (4-membered cyclic amide) rings is 1. The number of anilines is 1. The summed E-state index contributed by atoms with van der Waals surface area (Å²) in [6, 6.07) is 15.8. The molecule has 160 valence electrons. The summed E-state index contributed by atoms with van der Waals surface area (Å²) in [5.74, 6) is 0.645. The van der Waals surface area contributed by atoms with Crippen LogP contribution in [0.4, 0.5) is 10.7 Å². The fraction of sp³-hybridized carbons (Fsp3) is 0.286. The van der Waals surface area contributed by atoms with Crippen molar-refractivity contribution in [2.45, 2.75) is 32.2 Å². The molecule has 0 bridgehead atoms. The minimum Gasteiger partial charge on any atom is -0.497 e. The minimum atomic E-state index is -0.697. The van der Waals surface area contributed by atoms with Crippen molar-refractivity contribution in [3.8, 4) is 5.75 Å². The summed E-state index contributed by atoms with van der Waals surface area (Å²) in [6.07, 6.45) is -0.648. The van der Waals surface area contributed by atoms with E-state index in [9.17, 15) is 9.59 Å². The van der Waals surface area contributed by atoms with E-state index < -0.39 is 12.1 Å². The normalized spacial score (nSPS) is 17.7. The second-order valence-electron chi connectivity index (χ2n) is 7.10. The van der Waals surface area contributed by atoms with Crippen molar-refractivity contribution in [2.75, 3.05) is 12.0 Å². The van der Waals surface area contributed by atoms with Crippen LogP contribution in [0.25, 0.3) is 0 Å². The molecule has 4 rings (SSSR count). The lowest BCUT2D eigenvalue weighted by atomic mass is 9.98. The molecule has 0 radical (unpaired) electrons. The van der Waals surface area contributed by atoms with Crippen LogP contribution in [0.1, 0.15) is 18.1 Å². The van der Waals surface area contributed by atoms with Gasteiger partial charge in [-0.2, -0.15) is 4.80 Å². The van der Waals surface area contributed by atoms with E-state index in [-0.39, 0.29) is 24.5 Å². The number of ether oxygens (including phenoxy) is 2. The Hall–Kier alpha value is -3.95. The average Bonchev–Trinajstić information content (AvgIpc) is 3.24. The van der Waals surface area contributed by atoms with Gasteiger partial charge in [0.15, 0.2) is 0 Å². The quantitative estimate of drug-likeness (QED) is 0.578. The highest BCUT2D eigenvalue weighted by Crippen LogP contribution is 2.24. The first-order valence-corrected chi connectivity index (χ1v) is 9.76. The number of aromatic nitrogens is 4. The molecule has 31 heavy (non-hydrogen) atoms. The van der Waals surface area contributed by atoms with E-state index in [1.807, 2.05) is 54.6 Å². The van der Waals surface area contributed by atoms with Gasteiger partial charge in [-0.15, -0.1) is 5.10 Å². The molecular formula is C21H22N6O4. The van der Waals surface area contributed by atoms with Crippen LogP contribution in [0.5, 0.6) is 5.75 Å². The Labute approximate surface area is 178 Å². The summed E-state index contributed by atoms with van der Waals surface area (Å²) in [4.78, 5) is 27.4. The predicted molar refractivity (Wildman–Crippen MR) is 110 cm³/mol. The number of alkyl carbamates (subject to hydrolysis) is 1. The molecular weight excluding hydrogens is 400 g/mol. The summed E-state index contributed by atoms with van der Waals surface area (Å²) in [6.45, 7) is 2.33. The molecule has 1 saturated heterocycles. The molecule has 2 amide bonds. The number of hydrogen-bond donors (Lipinski definition) is 1. The van der Waals surface area contributed by atoms with Crippen molar-refractivity contribution >= 4 is 17.9 Å². The zero-order chi connectivity index (χ0) is 21.8. The van der Waals surface area contributed by atoms with Crippen LogP contribution >= 0.6 is 0 Å². The monoisotopic (exact) mass is 422 g/mol. The minimum absolute atomic E-state index is 0.132. The van der Waals surface area contributed by atoms with Gasteiger partial charge in [0.1, 0.15) is 18.4 Å². The smallest absolute Gasteiger partial charge is 0.408 e. The maximum Gasteiger partial charge on any atom is 0.408 e. The molecule has 3 aromatic rings. The number of nitrogens with one attached hydrogen (secondary N) is 1. The third-order valence-corrected chi connectivity index (χ3v) is 5.02. The number of carbonyl (C=O) groups excluding carboxylic acids is 2. The highest BCUT2D eigenvalue weighted by molar-refractivity contribution is 6.05. The molecule has 0 unspecified atom stereocenters. The lowest BCUT2D eigenvalue weighted by Crippen LogP contribution is -2.70. The predicted octanol–water partition coefficient (Wildman–Crippen LogP) is 1.76. The standard InChI is InChI=1S/C21H22N6O4/c1-14-18(22-21(29)31-13-16-6-4-3-5-7-16)19(28)27(14)20-23-25-26(24-20)12-15-8-10-17(30-2)11-9-15/h3-11,14,18H,12-13H2,1-2H3,(H,22,29)/t14-,18+/m1/s1. The summed E-state index contributed by atoms with van der Waals surface area (Å²) in [7, 11) is 1.61. The summed E-state index contributed by atoms with van der Waals surface area (Å²) >= 11 is 0. The van der Waals surface area contributed by atoms with Crippen LogP contribution in [-0.2, 0) is 22.7 Å². The Bertz CT molecular complexity index is 1050. The van der Waals surface area contributed by atoms with Crippen LogP contribution in [-0.4, -0.2) is 51.4 Å². The van der Waals surface area contributed by atoms with Crippen LogP contribution in [0.3, 0.4) is 0 Å². The highest BCUT2D eigenvalue weighted by Gasteiger charge is 2.48. The van der Waals surface area contributed by atoms with Gasteiger partial charge in [0, 0.05) is 0 Å². The number of amides is 2. The molecule has 1 fully saturated rings. The van der Waals surface area contributed by atoms with Crippen molar-refractivity contribution in [1.82, 2.24) is 25.5 Å². The van der Waals surface area contributed by atoms with Gasteiger partial charge in [-0.25, -0.2) is 4.79 Å². The second kappa shape index (κ2) is 8.82. The first-order valence-electron chi connectivity index (χ1n) is 9.76. The SMILES string of the molecule is COc1ccc(Cn2nnc(N3C(=O)[C@@H](NC(=O)OCc4ccccc4)[C@H]3C)n2)cc1. The number of methoxy groups -OCH3 is 1. The Morgan fingerprint density at radius 3 is 2.52 bits per heavy atom. The zero-order valence-corrected chi connectivity index (χ0v) is 17.1. The van der Waals surface area contributed by atoms with Crippen molar-refractivity contribution in [1.29, 1.82) is 0 Å². The average molecular weight is 422 g/mol. The molecule has 2 atom stereocenters. The van der Waals surface area contributed by atoms with Gasteiger partial charge in [-0.05, 0) is 35.4 Å². The van der Waals surface area contributed by atoms with E-state index in [0.29, 0.717) is 6.54 Å². The Morgan fingerprint density at radius 1 is 1.10 bits per heavy atom. The molecule has 0 spiro atoms. The molecule has 0 saturated carbocycles. The lowest BCUT2D eigenvalue weighted by molar-refractivity contribution is -0.126. The second-order valence-corrected chi connectivity index (χ2v) is 7.10. The van der Waals surface area contributed by atoms with Crippen LogP contribution in [0.2, 0.25) is 0 Å². The molecule has 2 aromatic carbocycles. The Balaban J connectivity index is 1.31. The molecule has 2 heterocycles. The van der Waals surface area contributed by atoms with Crippen LogP contribution < -0.4 is 15.0 Å². The van der Waals surface area contributed by atoms with E-state index in [4.69, 9.17) is 9.47 Å². The number of rotatable bonds is 7. The van der Waals surface area contributed by atoms with E-state index in [1.165, 1.54) is 9.70 Å². The molecule has 1 aliphatic heterocycles. The maximum atomic E-state index is 12.5. The van der Waals surface area contributed by atoms with E-state index in [2.05, 4.69) is 20.7 Å². The van der Waals surface area contributed by atoms with Gasteiger partial charge in [0.2, 0.25) is 0 Å². The van der Waals surface area contributed by atoms with Gasteiger partial charge < -0.3 is 14.8 Å². The molecule has 1 aromatic heterocycles. The molecule has 0 aliphatic carbocycles. The fourth-order valence-electron chi connectivity index (χ4n) is 3.27. The largest absolute Gasteiger partial charge is 0.497 e. The van der Waals surface area contributed by atoms with E-state index in [1.54, 1.807) is 14.0 Å². The van der Waals surface area contributed by atoms with Crippen molar-refractivity contribution in [2.24, 2.45) is 0 Å². The van der Waals surface area contributed by atoms with Gasteiger partial charge in [-0.1, -0.05) is 47.6 Å². The Morgan fingerprint density at radius 2 is 1.84 bits per heavy atom. The van der Waals surface area contributed by atoms with Crippen LogP contribution in [0, 0.1) is 0 Å².